The normalized spacial score (nSPS) is 11.4. The predicted molar refractivity (Wildman–Crippen MR) is 90.3 cm³/mol. The summed E-state index contributed by atoms with van der Waals surface area (Å²) in [6.07, 6.45) is -0.262. The van der Waals surface area contributed by atoms with Gasteiger partial charge in [-0.3, -0.25) is 9.59 Å². The van der Waals surface area contributed by atoms with Gasteiger partial charge in [-0.15, -0.1) is 0 Å². The lowest BCUT2D eigenvalue weighted by Gasteiger charge is -2.17. The summed E-state index contributed by atoms with van der Waals surface area (Å²) >= 11 is 3.08. The van der Waals surface area contributed by atoms with Gasteiger partial charge in [0.1, 0.15) is 6.61 Å². The third kappa shape index (κ3) is 7.27. The highest BCUT2D eigenvalue weighted by Crippen LogP contribution is 2.05. The van der Waals surface area contributed by atoms with Crippen LogP contribution in [0.15, 0.2) is 30.3 Å². The molecule has 1 aromatic carbocycles. The first-order chi connectivity index (χ1) is 10.9. The zero-order chi connectivity index (χ0) is 17.2. The predicted octanol–water partition coefficient (Wildman–Crippen LogP) is 2.11. The lowest BCUT2D eigenvalue weighted by atomic mass is 10.1. The number of Topliss-reactive ketones (excluding diaryl/α,β-unsaturated/α-hetero) is 1. The number of alkyl halides is 1. The van der Waals surface area contributed by atoms with Gasteiger partial charge in [-0.1, -0.05) is 46.3 Å². The Labute approximate surface area is 144 Å². The standard InChI is InChI=1S/C16H21BrN2O4/c1-19(2)15(21)9-8-13(14(20)10-17)18-16(22)23-11-12-6-4-3-5-7-12/h3-7,13H,8-11H2,1-2H3,(H,18,22). The van der Waals surface area contributed by atoms with Gasteiger partial charge in [-0.25, -0.2) is 4.79 Å². The molecule has 0 saturated carbocycles. The van der Waals surface area contributed by atoms with E-state index in [-0.39, 0.29) is 36.5 Å². The van der Waals surface area contributed by atoms with E-state index in [0.717, 1.165) is 5.56 Å². The maximum absolute atomic E-state index is 11.9. The number of amides is 2. The van der Waals surface area contributed by atoms with E-state index >= 15 is 0 Å². The summed E-state index contributed by atoms with van der Waals surface area (Å²) in [6, 6.07) is 8.49. The monoisotopic (exact) mass is 384 g/mol. The number of carbonyl (C=O) groups excluding carboxylic acids is 3. The fourth-order valence-electron chi connectivity index (χ4n) is 1.81. The van der Waals surface area contributed by atoms with Crippen LogP contribution in [-0.2, 0) is 20.9 Å². The van der Waals surface area contributed by atoms with E-state index in [2.05, 4.69) is 21.2 Å². The van der Waals surface area contributed by atoms with Crippen molar-refractivity contribution in [2.45, 2.75) is 25.5 Å². The number of rotatable bonds is 8. The van der Waals surface area contributed by atoms with Crippen LogP contribution in [0.1, 0.15) is 18.4 Å². The molecule has 6 nitrogen and oxygen atoms in total. The molecule has 0 aliphatic heterocycles. The number of nitrogens with zero attached hydrogens (tertiary/aromatic N) is 1. The largest absolute Gasteiger partial charge is 0.445 e. The zero-order valence-electron chi connectivity index (χ0n) is 13.3. The Hall–Kier alpha value is -1.89. The van der Waals surface area contributed by atoms with Gasteiger partial charge in [0.2, 0.25) is 5.91 Å². The van der Waals surface area contributed by atoms with Gasteiger partial charge in [0, 0.05) is 20.5 Å². The molecule has 0 saturated heterocycles. The quantitative estimate of drug-likeness (QED) is 0.696. The summed E-state index contributed by atoms with van der Waals surface area (Å²) in [5.41, 5.74) is 0.855. The van der Waals surface area contributed by atoms with Crippen molar-refractivity contribution in [3.05, 3.63) is 35.9 Å². The molecule has 0 aromatic heterocycles. The van der Waals surface area contributed by atoms with Crippen LogP contribution in [0.25, 0.3) is 0 Å². The first kappa shape index (κ1) is 19.2. The van der Waals surface area contributed by atoms with Crippen LogP contribution < -0.4 is 5.32 Å². The van der Waals surface area contributed by atoms with Crippen LogP contribution in [0, 0.1) is 0 Å². The number of carbonyl (C=O) groups is 3. The van der Waals surface area contributed by atoms with Crippen LogP contribution >= 0.6 is 15.9 Å². The maximum Gasteiger partial charge on any atom is 0.408 e. The Morgan fingerprint density at radius 3 is 2.43 bits per heavy atom. The van der Waals surface area contributed by atoms with Crippen molar-refractivity contribution in [1.29, 1.82) is 0 Å². The summed E-state index contributed by atoms with van der Waals surface area (Å²) < 4.78 is 5.09. The minimum absolute atomic E-state index is 0.100. The highest BCUT2D eigenvalue weighted by atomic mass is 79.9. The summed E-state index contributed by atoms with van der Waals surface area (Å²) in [5.74, 6) is -0.301. The van der Waals surface area contributed by atoms with E-state index in [1.54, 1.807) is 14.1 Å². The molecular formula is C16H21BrN2O4. The topological polar surface area (TPSA) is 75.7 Å². The lowest BCUT2D eigenvalue weighted by Crippen LogP contribution is -2.42. The molecule has 1 unspecified atom stereocenters. The molecule has 0 aliphatic carbocycles. The Morgan fingerprint density at radius 1 is 1.22 bits per heavy atom. The van der Waals surface area contributed by atoms with Crippen LogP contribution in [0.4, 0.5) is 4.79 Å². The van der Waals surface area contributed by atoms with E-state index in [4.69, 9.17) is 4.74 Å². The van der Waals surface area contributed by atoms with Gasteiger partial charge in [0.25, 0.3) is 0 Å². The highest BCUT2D eigenvalue weighted by molar-refractivity contribution is 9.09. The van der Waals surface area contributed by atoms with Gasteiger partial charge in [0.15, 0.2) is 5.78 Å². The summed E-state index contributed by atoms with van der Waals surface area (Å²) in [7, 11) is 3.29. The van der Waals surface area contributed by atoms with Crippen LogP contribution in [0.5, 0.6) is 0 Å². The average molecular weight is 385 g/mol. The van der Waals surface area contributed by atoms with Crippen LogP contribution in [0.3, 0.4) is 0 Å². The number of alkyl carbamates (subject to hydrolysis) is 1. The molecular weight excluding hydrogens is 364 g/mol. The minimum Gasteiger partial charge on any atom is -0.445 e. The summed E-state index contributed by atoms with van der Waals surface area (Å²) in [6.45, 7) is 0.124. The molecule has 0 fully saturated rings. The second kappa shape index (κ2) is 9.99. The summed E-state index contributed by atoms with van der Waals surface area (Å²) in [5, 5.41) is 2.62. The Morgan fingerprint density at radius 2 is 1.87 bits per heavy atom. The third-order valence-corrected chi connectivity index (χ3v) is 3.72. The van der Waals surface area contributed by atoms with Crippen molar-refractivity contribution < 1.29 is 19.1 Å². The molecule has 0 bridgehead atoms. The number of nitrogens with one attached hydrogen (secondary N) is 1. The molecule has 0 radical (unpaired) electrons. The maximum atomic E-state index is 11.9. The van der Waals surface area contributed by atoms with Gasteiger partial charge in [0.05, 0.1) is 11.4 Å². The first-order valence-corrected chi connectivity index (χ1v) is 8.32. The van der Waals surface area contributed by atoms with Gasteiger partial charge in [-0.05, 0) is 12.0 Å². The van der Waals surface area contributed by atoms with Crippen molar-refractivity contribution in [3.63, 3.8) is 0 Å². The van der Waals surface area contributed by atoms with Crippen molar-refractivity contribution in [1.82, 2.24) is 10.2 Å². The van der Waals surface area contributed by atoms with Crippen LogP contribution in [0.2, 0.25) is 0 Å². The third-order valence-electron chi connectivity index (χ3n) is 3.17. The molecule has 1 atom stereocenters. The minimum atomic E-state index is -0.749. The van der Waals surface area contributed by atoms with Gasteiger partial charge in [-0.2, -0.15) is 0 Å². The second-order valence-electron chi connectivity index (χ2n) is 5.19. The fourth-order valence-corrected chi connectivity index (χ4v) is 2.20. The number of ketones is 1. The molecule has 1 N–H and O–H groups in total. The first-order valence-electron chi connectivity index (χ1n) is 7.20. The fraction of sp³-hybridized carbons (Fsp3) is 0.438. The Balaban J connectivity index is 2.50. The van der Waals surface area contributed by atoms with E-state index < -0.39 is 12.1 Å². The molecule has 0 spiro atoms. The number of halogens is 1. The zero-order valence-corrected chi connectivity index (χ0v) is 14.8. The molecule has 1 rings (SSSR count). The van der Waals surface area contributed by atoms with E-state index in [0.29, 0.717) is 0 Å². The van der Waals surface area contributed by atoms with Crippen LogP contribution in [-0.4, -0.2) is 48.2 Å². The SMILES string of the molecule is CN(C)C(=O)CCC(NC(=O)OCc1ccccc1)C(=O)CBr. The van der Waals surface area contributed by atoms with Gasteiger partial charge < -0.3 is 15.0 Å². The lowest BCUT2D eigenvalue weighted by molar-refractivity contribution is -0.129. The molecule has 0 heterocycles. The number of hydrogen-bond donors (Lipinski definition) is 1. The molecule has 7 heteroatoms. The molecule has 1 aromatic rings. The molecule has 2 amide bonds. The smallest absolute Gasteiger partial charge is 0.408 e. The van der Waals surface area contributed by atoms with Crippen molar-refractivity contribution in [2.24, 2.45) is 0 Å². The number of hydrogen-bond acceptors (Lipinski definition) is 4. The van der Waals surface area contributed by atoms with E-state index in [9.17, 15) is 14.4 Å². The van der Waals surface area contributed by atoms with Crippen molar-refractivity contribution >= 4 is 33.7 Å². The number of ether oxygens (including phenoxy) is 1. The highest BCUT2D eigenvalue weighted by Gasteiger charge is 2.21. The average Bonchev–Trinajstić information content (AvgIpc) is 2.56. The second-order valence-corrected chi connectivity index (χ2v) is 5.75. The van der Waals surface area contributed by atoms with Crippen molar-refractivity contribution in [2.75, 3.05) is 19.4 Å². The van der Waals surface area contributed by atoms with Gasteiger partial charge >= 0.3 is 6.09 Å². The Bertz CT molecular complexity index is 534. The number of benzene rings is 1. The molecule has 126 valence electrons. The summed E-state index contributed by atoms with van der Waals surface area (Å²) in [4.78, 5) is 36.8. The Kier molecular flexibility index (Phi) is 8.32. The van der Waals surface area contributed by atoms with E-state index in [1.807, 2.05) is 30.3 Å². The molecule has 23 heavy (non-hydrogen) atoms. The van der Waals surface area contributed by atoms with E-state index in [1.165, 1.54) is 4.90 Å². The van der Waals surface area contributed by atoms with Crippen molar-refractivity contribution in [3.8, 4) is 0 Å². The molecule has 0 aliphatic rings.